The number of amides is 2. The van der Waals surface area contributed by atoms with E-state index >= 15 is 0 Å². The Balaban J connectivity index is 1.53. The molecule has 0 fully saturated rings. The summed E-state index contributed by atoms with van der Waals surface area (Å²) in [7, 11) is 1.57. The molecule has 0 spiro atoms. The van der Waals surface area contributed by atoms with E-state index in [1.807, 2.05) is 60.8 Å². The number of carbonyl (C=O) groups is 2. The largest absolute Gasteiger partial charge is 0.416 e. The molecule has 9 heteroatoms. The number of rotatable bonds is 13. The molecule has 0 aliphatic rings. The van der Waals surface area contributed by atoms with Crippen molar-refractivity contribution in [2.45, 2.75) is 25.6 Å². The quantitative estimate of drug-likeness (QED) is 0.149. The Morgan fingerprint density at radius 3 is 2.33 bits per heavy atom. The summed E-state index contributed by atoms with van der Waals surface area (Å²) in [5.41, 5.74) is 2.68. The third kappa shape index (κ3) is 8.57. The Morgan fingerprint density at radius 1 is 0.905 bits per heavy atom. The Labute approximate surface area is 243 Å². The average Bonchev–Trinajstić information content (AvgIpc) is 3.41. The summed E-state index contributed by atoms with van der Waals surface area (Å²) in [6.07, 6.45) is 1.68. The van der Waals surface area contributed by atoms with Gasteiger partial charge in [0.25, 0.3) is 0 Å². The highest BCUT2D eigenvalue weighted by Crippen LogP contribution is 2.29. The van der Waals surface area contributed by atoms with Gasteiger partial charge in [-0.15, -0.1) is 0 Å². The van der Waals surface area contributed by atoms with Gasteiger partial charge in [0, 0.05) is 56.5 Å². The van der Waals surface area contributed by atoms with Gasteiger partial charge in [-0.1, -0.05) is 60.7 Å². The number of benzene rings is 3. The zero-order valence-corrected chi connectivity index (χ0v) is 23.4. The maximum absolute atomic E-state index is 13.7. The SMILES string of the molecule is COCCCN(CC(=O)N(CCc1c[nH]c2ccccc12)Cc1ccc(C(F)(F)F)cc1)C(=O)/C=C/c1ccccc1. The first-order chi connectivity index (χ1) is 20.2. The lowest BCUT2D eigenvalue weighted by atomic mass is 10.1. The van der Waals surface area contributed by atoms with Crippen molar-refractivity contribution in [3.8, 4) is 0 Å². The van der Waals surface area contributed by atoms with E-state index in [4.69, 9.17) is 4.74 Å². The number of aromatic nitrogens is 1. The van der Waals surface area contributed by atoms with Crippen molar-refractivity contribution in [3.05, 3.63) is 113 Å². The van der Waals surface area contributed by atoms with Crippen LogP contribution in [0, 0.1) is 0 Å². The summed E-state index contributed by atoms with van der Waals surface area (Å²) in [6, 6.07) is 22.0. The van der Waals surface area contributed by atoms with Crippen molar-refractivity contribution in [2.75, 3.05) is 33.4 Å². The standard InChI is InChI=1S/C33H34F3N3O3/c1-42-21-7-19-38(31(40)17-14-25-8-3-2-4-9-25)24-32(41)39(23-26-12-15-28(16-13-26)33(34,35)36)20-18-27-22-37-30-11-6-5-10-29(27)30/h2-6,8-17,22,37H,7,18-21,23-24H2,1H3/b17-14+. The highest BCUT2D eigenvalue weighted by molar-refractivity contribution is 5.94. The van der Waals surface area contributed by atoms with Crippen LogP contribution in [0.2, 0.25) is 0 Å². The number of H-pyrrole nitrogens is 1. The van der Waals surface area contributed by atoms with Crippen molar-refractivity contribution in [3.63, 3.8) is 0 Å². The van der Waals surface area contributed by atoms with E-state index in [1.54, 1.807) is 18.1 Å². The Kier molecular flexibility index (Phi) is 10.6. The van der Waals surface area contributed by atoms with Crippen molar-refractivity contribution in [1.82, 2.24) is 14.8 Å². The minimum Gasteiger partial charge on any atom is -0.385 e. The normalized spacial score (nSPS) is 11.7. The number of ether oxygens (including phenoxy) is 1. The highest BCUT2D eigenvalue weighted by atomic mass is 19.4. The smallest absolute Gasteiger partial charge is 0.385 e. The van der Waals surface area contributed by atoms with Crippen molar-refractivity contribution in [1.29, 1.82) is 0 Å². The van der Waals surface area contributed by atoms with Crippen LogP contribution >= 0.6 is 0 Å². The molecule has 2 amide bonds. The minimum absolute atomic E-state index is 0.110. The summed E-state index contributed by atoms with van der Waals surface area (Å²) >= 11 is 0. The highest BCUT2D eigenvalue weighted by Gasteiger charge is 2.30. The van der Waals surface area contributed by atoms with Gasteiger partial charge >= 0.3 is 6.18 Å². The molecule has 0 aliphatic heterocycles. The molecule has 3 aromatic carbocycles. The zero-order chi connectivity index (χ0) is 30.0. The van der Waals surface area contributed by atoms with Crippen LogP contribution in [-0.2, 0) is 33.5 Å². The molecule has 0 unspecified atom stereocenters. The van der Waals surface area contributed by atoms with Crippen LogP contribution in [0.1, 0.15) is 28.7 Å². The monoisotopic (exact) mass is 577 g/mol. The molecule has 0 aliphatic carbocycles. The second kappa shape index (κ2) is 14.5. The number of nitrogens with one attached hydrogen (secondary N) is 1. The average molecular weight is 578 g/mol. The molecule has 1 heterocycles. The fourth-order valence-corrected chi connectivity index (χ4v) is 4.67. The van der Waals surface area contributed by atoms with Crippen molar-refractivity contribution in [2.24, 2.45) is 0 Å². The van der Waals surface area contributed by atoms with Crippen LogP contribution in [0.3, 0.4) is 0 Å². The van der Waals surface area contributed by atoms with Gasteiger partial charge in [0.2, 0.25) is 11.8 Å². The molecule has 1 aromatic heterocycles. The third-order valence-electron chi connectivity index (χ3n) is 6.97. The second-order valence-corrected chi connectivity index (χ2v) is 9.97. The molecule has 1 N–H and O–H groups in total. The fraction of sp³-hybridized carbons (Fsp3) is 0.273. The number of hydrogen-bond acceptors (Lipinski definition) is 3. The first-order valence-electron chi connectivity index (χ1n) is 13.7. The molecule has 0 radical (unpaired) electrons. The van der Waals surface area contributed by atoms with Gasteiger partial charge in [-0.2, -0.15) is 13.2 Å². The predicted octanol–water partition coefficient (Wildman–Crippen LogP) is 6.34. The molecule has 4 aromatic rings. The van der Waals surface area contributed by atoms with Gasteiger partial charge < -0.3 is 19.5 Å². The van der Waals surface area contributed by atoms with E-state index in [-0.39, 0.29) is 24.9 Å². The number of para-hydroxylation sites is 1. The summed E-state index contributed by atoms with van der Waals surface area (Å²) in [5, 5.41) is 1.04. The number of methoxy groups -OCH3 is 1. The molecule has 4 rings (SSSR count). The van der Waals surface area contributed by atoms with Crippen molar-refractivity contribution >= 4 is 28.8 Å². The maximum Gasteiger partial charge on any atom is 0.416 e. The Hall–Kier alpha value is -4.37. The van der Waals surface area contributed by atoms with E-state index in [9.17, 15) is 22.8 Å². The number of hydrogen-bond donors (Lipinski definition) is 1. The Bertz CT molecular complexity index is 1480. The van der Waals surface area contributed by atoms with Gasteiger partial charge in [0.05, 0.1) is 5.56 Å². The Morgan fingerprint density at radius 2 is 1.62 bits per heavy atom. The van der Waals surface area contributed by atoms with Gasteiger partial charge in [0.1, 0.15) is 6.54 Å². The molecule has 6 nitrogen and oxygen atoms in total. The third-order valence-corrected chi connectivity index (χ3v) is 6.97. The van der Waals surface area contributed by atoms with E-state index < -0.39 is 11.7 Å². The lowest BCUT2D eigenvalue weighted by Gasteiger charge is -2.27. The van der Waals surface area contributed by atoms with Crippen LogP contribution < -0.4 is 0 Å². The van der Waals surface area contributed by atoms with E-state index in [0.717, 1.165) is 34.2 Å². The zero-order valence-electron chi connectivity index (χ0n) is 23.4. The number of halogens is 3. The predicted molar refractivity (Wildman–Crippen MR) is 157 cm³/mol. The molecule has 0 saturated carbocycles. The molecule has 42 heavy (non-hydrogen) atoms. The van der Waals surface area contributed by atoms with E-state index in [0.29, 0.717) is 38.1 Å². The van der Waals surface area contributed by atoms with E-state index in [1.165, 1.54) is 23.1 Å². The lowest BCUT2D eigenvalue weighted by molar-refractivity contribution is -0.138. The van der Waals surface area contributed by atoms with Gasteiger partial charge in [-0.05, 0) is 53.8 Å². The van der Waals surface area contributed by atoms with Crippen LogP contribution in [0.25, 0.3) is 17.0 Å². The second-order valence-electron chi connectivity index (χ2n) is 9.97. The summed E-state index contributed by atoms with van der Waals surface area (Å²) < 4.78 is 44.5. The van der Waals surface area contributed by atoms with Crippen LogP contribution in [0.5, 0.6) is 0 Å². The summed E-state index contributed by atoms with van der Waals surface area (Å²) in [4.78, 5) is 33.2. The van der Waals surface area contributed by atoms with Crippen LogP contribution in [0.4, 0.5) is 13.2 Å². The van der Waals surface area contributed by atoms with Crippen molar-refractivity contribution < 1.29 is 27.5 Å². The number of alkyl halides is 3. The van der Waals surface area contributed by atoms with Gasteiger partial charge in [0.15, 0.2) is 0 Å². The number of carbonyl (C=O) groups excluding carboxylic acids is 2. The molecule has 0 saturated heterocycles. The number of aromatic amines is 1. The molecule has 220 valence electrons. The molecule has 0 bridgehead atoms. The van der Waals surface area contributed by atoms with E-state index in [2.05, 4.69) is 4.98 Å². The summed E-state index contributed by atoms with van der Waals surface area (Å²) in [6.45, 7) is 1.00. The first-order valence-corrected chi connectivity index (χ1v) is 13.7. The summed E-state index contributed by atoms with van der Waals surface area (Å²) in [5.74, 6) is -0.608. The maximum atomic E-state index is 13.7. The fourth-order valence-electron chi connectivity index (χ4n) is 4.67. The molecule has 0 atom stereocenters. The lowest BCUT2D eigenvalue weighted by Crippen LogP contribution is -2.43. The minimum atomic E-state index is -4.44. The topological polar surface area (TPSA) is 65.6 Å². The number of nitrogens with zero attached hydrogens (tertiary/aromatic N) is 2. The van der Waals surface area contributed by atoms with Crippen LogP contribution in [-0.4, -0.2) is 59.9 Å². The first kappa shape index (κ1) is 30.6. The van der Waals surface area contributed by atoms with Crippen LogP contribution in [0.15, 0.2) is 91.1 Å². The molecular formula is C33H34F3N3O3. The van der Waals surface area contributed by atoms with Gasteiger partial charge in [-0.25, -0.2) is 0 Å². The molecular weight excluding hydrogens is 543 g/mol. The van der Waals surface area contributed by atoms with Gasteiger partial charge in [-0.3, -0.25) is 9.59 Å². The number of fused-ring (bicyclic) bond motifs is 1.